The van der Waals surface area contributed by atoms with Crippen molar-refractivity contribution in [2.45, 2.75) is 51.0 Å². The molecule has 3 fully saturated rings. The number of hydrogen-bond donors (Lipinski definition) is 0. The Kier molecular flexibility index (Phi) is 1.78. The number of hydrogen-bond acceptors (Lipinski definition) is 2. The molecule has 0 N–H and O–H groups in total. The van der Waals surface area contributed by atoms with E-state index in [9.17, 15) is 0 Å². The molecule has 3 aliphatic rings. The predicted octanol–water partition coefficient (Wildman–Crippen LogP) is 3.00. The number of rotatable bonds is 4. The third kappa shape index (κ3) is 1.41. The summed E-state index contributed by atoms with van der Waals surface area (Å²) >= 11 is 6.17. The van der Waals surface area contributed by atoms with E-state index in [4.69, 9.17) is 11.6 Å². The van der Waals surface area contributed by atoms with E-state index in [1.54, 1.807) is 0 Å². The summed E-state index contributed by atoms with van der Waals surface area (Å²) in [5, 5.41) is 8.90. The molecule has 0 radical (unpaired) electrons. The van der Waals surface area contributed by atoms with E-state index in [1.165, 1.54) is 38.5 Å². The highest BCUT2D eigenvalue weighted by Crippen LogP contribution is 2.62. The van der Waals surface area contributed by atoms with Crippen LogP contribution in [0.4, 0.5) is 0 Å². The minimum Gasteiger partial charge on any atom is -0.301 e. The van der Waals surface area contributed by atoms with Crippen molar-refractivity contribution < 1.29 is 0 Å². The lowest BCUT2D eigenvalue weighted by molar-refractivity contribution is 0.364. The third-order valence-electron chi connectivity index (χ3n) is 4.49. The van der Waals surface area contributed by atoms with Crippen LogP contribution in [0.15, 0.2) is 0 Å². The number of nitrogens with zero attached hydrogens (tertiary/aromatic N) is 3. The standard InChI is InChI=1S/C12H16ClN3/c13-11-15-14-10(8-1-2-8)16(11)7-12(5-6-12)9-3-4-9/h8-9H,1-7H2. The van der Waals surface area contributed by atoms with E-state index >= 15 is 0 Å². The van der Waals surface area contributed by atoms with Gasteiger partial charge in [0.05, 0.1) is 0 Å². The summed E-state index contributed by atoms with van der Waals surface area (Å²) in [5.41, 5.74) is 0.579. The maximum atomic E-state index is 6.17. The second kappa shape index (κ2) is 3.00. The van der Waals surface area contributed by atoms with Gasteiger partial charge >= 0.3 is 0 Å². The maximum absolute atomic E-state index is 6.17. The van der Waals surface area contributed by atoms with Crippen molar-refractivity contribution in [1.29, 1.82) is 0 Å². The Hall–Kier alpha value is -0.570. The SMILES string of the molecule is Clc1nnc(C2CC2)n1CC1(C2CC2)CC1. The second-order valence-electron chi connectivity index (χ2n) is 5.82. The molecule has 0 atom stereocenters. The summed E-state index contributed by atoms with van der Waals surface area (Å²) < 4.78 is 2.20. The van der Waals surface area contributed by atoms with Gasteiger partial charge in [-0.25, -0.2) is 0 Å². The first-order chi connectivity index (χ1) is 7.78. The second-order valence-corrected chi connectivity index (χ2v) is 6.16. The minimum atomic E-state index is 0.579. The van der Waals surface area contributed by atoms with E-state index in [1.807, 2.05) is 0 Å². The van der Waals surface area contributed by atoms with Crippen molar-refractivity contribution >= 4 is 11.6 Å². The molecule has 86 valence electrons. The van der Waals surface area contributed by atoms with Crippen LogP contribution in [0.2, 0.25) is 5.28 Å². The molecular weight excluding hydrogens is 222 g/mol. The molecule has 0 spiro atoms. The van der Waals surface area contributed by atoms with Crippen LogP contribution in [0, 0.1) is 11.3 Å². The van der Waals surface area contributed by atoms with Gasteiger partial charge in [0.2, 0.25) is 5.28 Å². The quantitative estimate of drug-likeness (QED) is 0.806. The summed E-state index contributed by atoms with van der Waals surface area (Å²) in [7, 11) is 0. The van der Waals surface area contributed by atoms with E-state index in [0.717, 1.165) is 18.3 Å². The fourth-order valence-corrected chi connectivity index (χ4v) is 3.14. The van der Waals surface area contributed by atoms with Crippen LogP contribution in [-0.4, -0.2) is 14.8 Å². The Bertz CT molecular complexity index is 427. The number of aromatic nitrogens is 3. The highest BCUT2D eigenvalue weighted by atomic mass is 35.5. The molecule has 1 aromatic rings. The average Bonchev–Trinajstić information content (AvgIpc) is 3.10. The van der Waals surface area contributed by atoms with Crippen molar-refractivity contribution in [2.24, 2.45) is 11.3 Å². The number of halogens is 1. The van der Waals surface area contributed by atoms with Crippen LogP contribution in [0.5, 0.6) is 0 Å². The average molecular weight is 238 g/mol. The molecular formula is C12H16ClN3. The first kappa shape index (κ1) is 9.46. The Labute approximate surface area is 100 Å². The zero-order valence-corrected chi connectivity index (χ0v) is 10.1. The van der Waals surface area contributed by atoms with Gasteiger partial charge in [-0.1, -0.05) is 0 Å². The Morgan fingerprint density at radius 1 is 1.19 bits per heavy atom. The van der Waals surface area contributed by atoms with Gasteiger partial charge < -0.3 is 4.57 Å². The van der Waals surface area contributed by atoms with E-state index < -0.39 is 0 Å². The first-order valence-corrected chi connectivity index (χ1v) is 6.75. The molecule has 1 aromatic heterocycles. The molecule has 16 heavy (non-hydrogen) atoms. The first-order valence-electron chi connectivity index (χ1n) is 6.37. The molecule has 0 saturated heterocycles. The molecule has 3 aliphatic carbocycles. The Morgan fingerprint density at radius 2 is 1.94 bits per heavy atom. The highest BCUT2D eigenvalue weighted by molar-refractivity contribution is 6.28. The third-order valence-corrected chi connectivity index (χ3v) is 4.76. The fraction of sp³-hybridized carbons (Fsp3) is 0.833. The van der Waals surface area contributed by atoms with E-state index in [-0.39, 0.29) is 0 Å². The summed E-state index contributed by atoms with van der Waals surface area (Å²) in [6.07, 6.45) is 8.17. The molecule has 4 rings (SSSR count). The fourth-order valence-electron chi connectivity index (χ4n) is 2.95. The van der Waals surface area contributed by atoms with Gasteiger partial charge in [-0.2, -0.15) is 0 Å². The summed E-state index contributed by atoms with van der Waals surface area (Å²) in [6, 6.07) is 0. The van der Waals surface area contributed by atoms with Gasteiger partial charge in [-0.15, -0.1) is 10.2 Å². The lowest BCUT2D eigenvalue weighted by Crippen LogP contribution is -2.16. The van der Waals surface area contributed by atoms with Crippen LogP contribution in [0.3, 0.4) is 0 Å². The molecule has 0 amide bonds. The highest BCUT2D eigenvalue weighted by Gasteiger charge is 2.54. The van der Waals surface area contributed by atoms with E-state index in [2.05, 4.69) is 14.8 Å². The van der Waals surface area contributed by atoms with Crippen molar-refractivity contribution in [3.05, 3.63) is 11.1 Å². The summed E-state index contributed by atoms with van der Waals surface area (Å²) in [6.45, 7) is 1.08. The van der Waals surface area contributed by atoms with Crippen LogP contribution in [0.25, 0.3) is 0 Å². The van der Waals surface area contributed by atoms with E-state index in [0.29, 0.717) is 16.6 Å². The van der Waals surface area contributed by atoms with Crippen molar-refractivity contribution in [1.82, 2.24) is 14.8 Å². The zero-order chi connectivity index (χ0) is 10.8. The predicted molar refractivity (Wildman–Crippen MR) is 61.4 cm³/mol. The molecule has 3 saturated carbocycles. The topological polar surface area (TPSA) is 30.7 Å². The molecule has 4 heteroatoms. The lowest BCUT2D eigenvalue weighted by Gasteiger charge is -2.16. The molecule has 0 bridgehead atoms. The molecule has 0 aliphatic heterocycles. The summed E-state index contributed by atoms with van der Waals surface area (Å²) in [4.78, 5) is 0. The van der Waals surface area contributed by atoms with Crippen molar-refractivity contribution in [2.75, 3.05) is 0 Å². The van der Waals surface area contributed by atoms with Gasteiger partial charge in [0.1, 0.15) is 5.82 Å². The summed E-state index contributed by atoms with van der Waals surface area (Å²) in [5.74, 6) is 2.77. The monoisotopic (exact) mass is 237 g/mol. The minimum absolute atomic E-state index is 0.579. The van der Waals surface area contributed by atoms with Gasteiger partial charge in [0.25, 0.3) is 0 Å². The zero-order valence-electron chi connectivity index (χ0n) is 9.32. The van der Waals surface area contributed by atoms with Crippen molar-refractivity contribution in [3.63, 3.8) is 0 Å². The van der Waals surface area contributed by atoms with Crippen molar-refractivity contribution in [3.8, 4) is 0 Å². The Balaban J connectivity index is 1.63. The largest absolute Gasteiger partial charge is 0.301 e. The van der Waals surface area contributed by atoms with Crippen LogP contribution < -0.4 is 0 Å². The van der Waals surface area contributed by atoms with Gasteiger partial charge in [-0.3, -0.25) is 0 Å². The van der Waals surface area contributed by atoms with Gasteiger partial charge in [0.15, 0.2) is 0 Å². The molecule has 1 heterocycles. The van der Waals surface area contributed by atoms with Gasteiger partial charge in [0, 0.05) is 12.5 Å². The lowest BCUT2D eigenvalue weighted by atomic mass is 10.0. The maximum Gasteiger partial charge on any atom is 0.225 e. The van der Waals surface area contributed by atoms with Crippen LogP contribution in [0.1, 0.15) is 50.3 Å². The normalized spacial score (nSPS) is 27.1. The van der Waals surface area contributed by atoms with Gasteiger partial charge in [-0.05, 0) is 61.5 Å². The molecule has 0 aromatic carbocycles. The van der Waals surface area contributed by atoms with Crippen LogP contribution in [-0.2, 0) is 6.54 Å². The smallest absolute Gasteiger partial charge is 0.225 e. The Morgan fingerprint density at radius 3 is 2.50 bits per heavy atom. The molecule has 0 unspecified atom stereocenters. The van der Waals surface area contributed by atoms with Crippen LogP contribution >= 0.6 is 11.6 Å². The molecule has 3 nitrogen and oxygen atoms in total.